The summed E-state index contributed by atoms with van der Waals surface area (Å²) in [4.78, 5) is 11.0. The van der Waals surface area contributed by atoms with E-state index in [1.54, 1.807) is 0 Å². The lowest BCUT2D eigenvalue weighted by atomic mass is 9.86. The van der Waals surface area contributed by atoms with Crippen molar-refractivity contribution in [2.45, 2.75) is 26.4 Å². The first-order valence-corrected chi connectivity index (χ1v) is 11.6. The summed E-state index contributed by atoms with van der Waals surface area (Å²) in [7, 11) is 8.27. The Hall–Kier alpha value is -3.86. The maximum Gasteiger partial charge on any atom is 0.199 e. The van der Waals surface area contributed by atoms with Crippen molar-refractivity contribution >= 4 is 29.0 Å². The van der Waals surface area contributed by atoms with Crippen molar-refractivity contribution < 1.29 is 19.2 Å². The van der Waals surface area contributed by atoms with Crippen molar-refractivity contribution in [3.8, 4) is 5.75 Å². The fraction of sp³-hybridized carbons (Fsp3) is 0.267. The van der Waals surface area contributed by atoms with E-state index in [9.17, 15) is 0 Å². The smallest absolute Gasteiger partial charge is 0.199 e. The number of nitrogens with zero attached hydrogens (tertiary/aromatic N) is 2. The Morgan fingerprint density at radius 2 is 1.54 bits per heavy atom. The number of anilines is 1. The quantitative estimate of drug-likeness (QED) is 0.627. The van der Waals surface area contributed by atoms with Crippen molar-refractivity contribution in [2.75, 3.05) is 33.1 Å². The van der Waals surface area contributed by atoms with Crippen molar-refractivity contribution in [3.63, 3.8) is 0 Å². The van der Waals surface area contributed by atoms with Gasteiger partial charge in [-0.1, -0.05) is 30.3 Å². The molecule has 0 amide bonds. The second kappa shape index (κ2) is 10.6. The van der Waals surface area contributed by atoms with Gasteiger partial charge in [-0.15, -0.1) is 0 Å². The predicted molar refractivity (Wildman–Crippen MR) is 143 cm³/mol. The fourth-order valence-corrected chi connectivity index (χ4v) is 3.95. The van der Waals surface area contributed by atoms with Gasteiger partial charge in [-0.3, -0.25) is 0 Å². The highest BCUT2D eigenvalue weighted by Crippen LogP contribution is 2.39. The summed E-state index contributed by atoms with van der Waals surface area (Å²) < 4.78 is 8.39. The normalized spacial score (nSPS) is 14.9. The van der Waals surface area contributed by atoms with Crippen molar-refractivity contribution in [1.82, 2.24) is 0 Å². The molecular weight excluding hydrogens is 436 g/mol. The van der Waals surface area contributed by atoms with Crippen LogP contribution in [0.5, 0.6) is 5.75 Å². The summed E-state index contributed by atoms with van der Waals surface area (Å²) in [6, 6.07) is 15.1. The Morgan fingerprint density at radius 3 is 2.09 bits per heavy atom. The SMILES string of the molecule is CC(=O)[O-].CN(C)c1ccc(C(=C2C=CC(=[N+](C)C)C=C2)c2cccc3c2C=CC(C)(C)O3)cc1. The van der Waals surface area contributed by atoms with Gasteiger partial charge in [0.25, 0.3) is 0 Å². The molecule has 0 saturated heterocycles. The minimum atomic E-state index is -1.08. The molecule has 182 valence electrons. The lowest BCUT2D eigenvalue weighted by Crippen LogP contribution is -2.27. The number of ether oxygens (including phenoxy) is 1. The van der Waals surface area contributed by atoms with Crippen LogP contribution in [0.1, 0.15) is 37.5 Å². The van der Waals surface area contributed by atoms with E-state index in [0.717, 1.165) is 18.2 Å². The van der Waals surface area contributed by atoms with Gasteiger partial charge in [0.1, 0.15) is 25.4 Å². The Labute approximate surface area is 208 Å². The van der Waals surface area contributed by atoms with Gasteiger partial charge in [0.15, 0.2) is 5.71 Å². The van der Waals surface area contributed by atoms with Crippen molar-refractivity contribution in [3.05, 3.63) is 95.1 Å². The van der Waals surface area contributed by atoms with E-state index in [1.807, 2.05) is 0 Å². The Kier molecular flexibility index (Phi) is 7.80. The Bertz CT molecular complexity index is 1230. The molecule has 5 heteroatoms. The number of carbonyl (C=O) groups is 1. The molecule has 4 rings (SSSR count). The number of allylic oxidation sites excluding steroid dienone is 5. The molecule has 1 aliphatic carbocycles. The number of aliphatic carboxylic acids is 1. The van der Waals surface area contributed by atoms with Crippen LogP contribution in [0, 0.1) is 0 Å². The van der Waals surface area contributed by atoms with E-state index in [-0.39, 0.29) is 5.60 Å². The van der Waals surface area contributed by atoms with Crippen LogP contribution in [-0.4, -0.2) is 50.0 Å². The molecule has 1 heterocycles. The summed E-state index contributed by atoms with van der Waals surface area (Å²) in [5.74, 6) is -0.155. The predicted octanol–water partition coefficient (Wildman–Crippen LogP) is 4.33. The number of carboxylic acids is 1. The molecule has 0 unspecified atom stereocenters. The van der Waals surface area contributed by atoms with E-state index in [4.69, 9.17) is 14.6 Å². The van der Waals surface area contributed by atoms with Gasteiger partial charge in [0.05, 0.1) is 0 Å². The van der Waals surface area contributed by atoms with Crippen LogP contribution in [-0.2, 0) is 4.79 Å². The minimum absolute atomic E-state index is 0.299. The third kappa shape index (κ3) is 6.38. The van der Waals surface area contributed by atoms with E-state index >= 15 is 0 Å². The molecule has 0 aromatic heterocycles. The van der Waals surface area contributed by atoms with Crippen LogP contribution in [0.2, 0.25) is 0 Å². The third-order valence-corrected chi connectivity index (χ3v) is 5.70. The van der Waals surface area contributed by atoms with Gasteiger partial charge < -0.3 is 19.5 Å². The van der Waals surface area contributed by atoms with Crippen molar-refractivity contribution in [2.24, 2.45) is 0 Å². The number of benzene rings is 2. The highest BCUT2D eigenvalue weighted by Gasteiger charge is 2.25. The van der Waals surface area contributed by atoms with Gasteiger partial charge in [-0.25, -0.2) is 4.58 Å². The van der Waals surface area contributed by atoms with Crippen LogP contribution >= 0.6 is 0 Å². The molecule has 0 spiro atoms. The molecule has 0 atom stereocenters. The molecule has 35 heavy (non-hydrogen) atoms. The molecule has 0 N–H and O–H groups in total. The molecule has 0 saturated carbocycles. The molecule has 2 aromatic rings. The maximum absolute atomic E-state index is 8.89. The summed E-state index contributed by atoms with van der Waals surface area (Å²) in [5.41, 5.74) is 7.97. The average Bonchev–Trinajstić information content (AvgIpc) is 2.79. The third-order valence-electron chi connectivity index (χ3n) is 5.70. The van der Waals surface area contributed by atoms with E-state index in [0.29, 0.717) is 0 Å². The first-order chi connectivity index (χ1) is 16.5. The zero-order valence-electron chi connectivity index (χ0n) is 21.6. The summed E-state index contributed by atoms with van der Waals surface area (Å²) in [5, 5.41) is 8.89. The largest absolute Gasteiger partial charge is 0.550 e. The number of carbonyl (C=O) groups excluding carboxylic acids is 1. The van der Waals surface area contributed by atoms with Gasteiger partial charge in [0.2, 0.25) is 0 Å². The minimum Gasteiger partial charge on any atom is -0.550 e. The zero-order chi connectivity index (χ0) is 25.8. The number of carboxylic acid groups (broad SMARTS) is 1. The maximum atomic E-state index is 8.89. The van der Waals surface area contributed by atoms with Crippen molar-refractivity contribution in [1.29, 1.82) is 0 Å². The summed E-state index contributed by atoms with van der Waals surface area (Å²) in [6.07, 6.45) is 13.1. The first-order valence-electron chi connectivity index (χ1n) is 11.6. The van der Waals surface area contributed by atoms with E-state index in [2.05, 4.69) is 130 Å². The molecule has 1 aliphatic heterocycles. The van der Waals surface area contributed by atoms with Crippen LogP contribution in [0.25, 0.3) is 11.6 Å². The Morgan fingerprint density at radius 1 is 0.943 bits per heavy atom. The topological polar surface area (TPSA) is 55.6 Å². The van der Waals surface area contributed by atoms with Gasteiger partial charge in [-0.2, -0.15) is 0 Å². The number of hydrogen-bond donors (Lipinski definition) is 0. The molecule has 2 aliphatic rings. The first kappa shape index (κ1) is 25.8. The van der Waals surface area contributed by atoms with Crippen LogP contribution in [0.3, 0.4) is 0 Å². The lowest BCUT2D eigenvalue weighted by molar-refractivity contribution is -0.462. The van der Waals surface area contributed by atoms with Crippen LogP contribution < -0.4 is 14.7 Å². The van der Waals surface area contributed by atoms with E-state index in [1.165, 1.54) is 33.7 Å². The average molecular weight is 471 g/mol. The highest BCUT2D eigenvalue weighted by atomic mass is 16.5. The number of hydrogen-bond acceptors (Lipinski definition) is 4. The second-order valence-corrected chi connectivity index (χ2v) is 9.51. The molecule has 0 fully saturated rings. The highest BCUT2D eigenvalue weighted by molar-refractivity contribution is 6.04. The van der Waals surface area contributed by atoms with E-state index < -0.39 is 5.97 Å². The molecule has 0 radical (unpaired) electrons. The standard InChI is InChI=1S/C28H31N2O.C2H4O2/c1-28(2)19-18-24-25(8-7-9-26(24)31-28)27(20-10-14-22(15-11-20)29(3)4)21-12-16-23(17-13-21)30(5)6;1-2(3)4/h7-19H,1-6H3;1H3,(H,3,4)/q+1;/p-1. The van der Waals surface area contributed by atoms with Gasteiger partial charge in [-0.05, 0) is 79.5 Å². The van der Waals surface area contributed by atoms with Gasteiger partial charge >= 0.3 is 0 Å². The molecule has 2 aromatic carbocycles. The zero-order valence-corrected chi connectivity index (χ0v) is 21.6. The number of rotatable bonds is 3. The fourth-order valence-electron chi connectivity index (χ4n) is 3.95. The van der Waals surface area contributed by atoms with Crippen LogP contribution in [0.15, 0.2) is 78.4 Å². The summed E-state index contributed by atoms with van der Waals surface area (Å²) >= 11 is 0. The molecule has 0 bridgehead atoms. The Balaban J connectivity index is 0.000000795. The lowest BCUT2D eigenvalue weighted by Gasteiger charge is -2.29. The van der Waals surface area contributed by atoms with Crippen LogP contribution in [0.4, 0.5) is 5.69 Å². The monoisotopic (exact) mass is 470 g/mol. The second-order valence-electron chi connectivity index (χ2n) is 9.51. The van der Waals surface area contributed by atoms with Gasteiger partial charge in [0, 0.05) is 43.5 Å². The summed E-state index contributed by atoms with van der Waals surface area (Å²) in [6.45, 7) is 5.15. The molecular formula is C30H34N2O3. The molecule has 5 nitrogen and oxygen atoms in total. The number of fused-ring (bicyclic) bond motifs is 1.